The van der Waals surface area contributed by atoms with Crippen molar-refractivity contribution in [2.45, 2.75) is 26.7 Å². The summed E-state index contributed by atoms with van der Waals surface area (Å²) in [7, 11) is 4.74. The lowest BCUT2D eigenvalue weighted by atomic mass is 10.2. The van der Waals surface area contributed by atoms with Gasteiger partial charge in [-0.15, -0.1) is 0 Å². The smallest absolute Gasteiger partial charge is 0.308 e. The number of hydrogen-bond acceptors (Lipinski definition) is 6. The van der Waals surface area contributed by atoms with Crippen LogP contribution in [0.2, 0.25) is 0 Å². The molecule has 0 aliphatic carbocycles. The number of rotatable bonds is 8. The maximum Gasteiger partial charge on any atom is 0.308 e. The van der Waals surface area contributed by atoms with Gasteiger partial charge in [0.25, 0.3) is 0 Å². The minimum Gasteiger partial charge on any atom is -0.493 e. The van der Waals surface area contributed by atoms with Crippen molar-refractivity contribution in [1.29, 1.82) is 0 Å². The highest BCUT2D eigenvalue weighted by molar-refractivity contribution is 7.80. The Bertz CT molecular complexity index is 609. The molecule has 0 radical (unpaired) electrons. The average Bonchev–Trinajstić information content (AvgIpc) is 2.59. The highest BCUT2D eigenvalue weighted by atomic mass is 32.1. The van der Waals surface area contributed by atoms with Crippen molar-refractivity contribution in [1.82, 2.24) is 10.3 Å². The van der Waals surface area contributed by atoms with Crippen LogP contribution in [-0.4, -0.2) is 50.1 Å². The predicted octanol–water partition coefficient (Wildman–Crippen LogP) is 2.57. The van der Waals surface area contributed by atoms with Crippen LogP contribution >= 0.6 is 12.2 Å². The van der Waals surface area contributed by atoms with Crippen molar-refractivity contribution in [2.75, 3.05) is 27.8 Å². The topological polar surface area (TPSA) is 72.4 Å². The van der Waals surface area contributed by atoms with Crippen molar-refractivity contribution in [2.24, 2.45) is 5.10 Å². The van der Waals surface area contributed by atoms with Gasteiger partial charge >= 0.3 is 5.97 Å². The fourth-order valence-electron chi connectivity index (χ4n) is 1.91. The summed E-state index contributed by atoms with van der Waals surface area (Å²) in [5.74, 6) is 0.533. The summed E-state index contributed by atoms with van der Waals surface area (Å²) in [5.41, 5.74) is 0.716. The molecule has 0 bridgehead atoms. The van der Waals surface area contributed by atoms with Crippen LogP contribution in [0, 0.1) is 0 Å². The lowest BCUT2D eigenvalue weighted by Gasteiger charge is -2.16. The highest BCUT2D eigenvalue weighted by Crippen LogP contribution is 2.38. The third kappa shape index (κ3) is 6.58. The number of thiocarbonyl (C=S) groups is 1. The fourth-order valence-corrected chi connectivity index (χ4v) is 2.06. The van der Waals surface area contributed by atoms with Crippen LogP contribution in [0.4, 0.5) is 0 Å². The van der Waals surface area contributed by atoms with Crippen LogP contribution in [0.5, 0.6) is 17.2 Å². The number of nitrogens with zero attached hydrogens (tertiary/aromatic N) is 2. The third-order valence-corrected chi connectivity index (χ3v) is 3.62. The third-order valence-electron chi connectivity index (χ3n) is 3.21. The van der Waals surface area contributed by atoms with Gasteiger partial charge in [-0.25, -0.2) is 5.01 Å². The summed E-state index contributed by atoms with van der Waals surface area (Å²) in [4.78, 5) is 11.2. The molecular weight excluding hydrogens is 342 g/mol. The number of esters is 1. The number of unbranched alkanes of at least 4 members (excludes halogenated alkanes) is 1. The largest absolute Gasteiger partial charge is 0.493 e. The second-order valence-corrected chi connectivity index (χ2v) is 5.59. The SMILES string of the molecule is CCCCNC(=S)N(C)/N=C/c1cc(OC)c(OC(C)=O)c(OC)c1. The molecule has 7 nitrogen and oxygen atoms in total. The molecular formula is C17H25N3O4S. The van der Waals surface area contributed by atoms with E-state index in [9.17, 15) is 4.79 Å². The van der Waals surface area contributed by atoms with E-state index < -0.39 is 5.97 Å². The van der Waals surface area contributed by atoms with E-state index in [1.807, 2.05) is 0 Å². The summed E-state index contributed by atoms with van der Waals surface area (Å²) < 4.78 is 15.7. The molecule has 8 heteroatoms. The van der Waals surface area contributed by atoms with Crippen molar-refractivity contribution < 1.29 is 19.0 Å². The van der Waals surface area contributed by atoms with E-state index in [1.54, 1.807) is 30.4 Å². The number of carbonyl (C=O) groups is 1. The van der Waals surface area contributed by atoms with Gasteiger partial charge in [-0.2, -0.15) is 5.10 Å². The molecule has 0 atom stereocenters. The molecule has 0 heterocycles. The first-order valence-electron chi connectivity index (χ1n) is 7.92. The van der Waals surface area contributed by atoms with Gasteiger partial charge in [-0.05, 0) is 30.8 Å². The van der Waals surface area contributed by atoms with E-state index in [0.29, 0.717) is 22.2 Å². The first-order chi connectivity index (χ1) is 11.9. The molecule has 1 aromatic carbocycles. The van der Waals surface area contributed by atoms with Gasteiger partial charge in [0.1, 0.15) is 0 Å². The molecule has 138 valence electrons. The molecule has 1 rings (SSSR count). The molecule has 0 spiro atoms. The normalized spacial score (nSPS) is 10.4. The van der Waals surface area contributed by atoms with Crippen LogP contribution in [0.1, 0.15) is 32.3 Å². The first kappa shape index (κ1) is 20.7. The molecule has 0 aliphatic rings. The minimum atomic E-state index is -0.457. The number of nitrogens with one attached hydrogen (secondary N) is 1. The Morgan fingerprint density at radius 1 is 1.32 bits per heavy atom. The number of hydrazone groups is 1. The van der Waals surface area contributed by atoms with Gasteiger partial charge in [-0.3, -0.25) is 4.79 Å². The van der Waals surface area contributed by atoms with Crippen molar-refractivity contribution in [3.8, 4) is 17.2 Å². The number of carbonyl (C=O) groups excluding carboxylic acids is 1. The molecule has 0 aromatic heterocycles. The standard InChI is InChI=1S/C17H25N3O4S/c1-6-7-8-18-17(25)20(3)19-11-13-9-14(22-4)16(24-12(2)21)15(10-13)23-5/h9-11H,6-8H2,1-5H3,(H,18,25)/b19-11+. The molecule has 0 fully saturated rings. The van der Waals surface area contributed by atoms with Crippen LogP contribution in [0.25, 0.3) is 0 Å². The second-order valence-electron chi connectivity index (χ2n) is 5.20. The molecule has 0 amide bonds. The average molecular weight is 367 g/mol. The quantitative estimate of drug-likeness (QED) is 0.189. The van der Waals surface area contributed by atoms with Crippen molar-refractivity contribution in [3.63, 3.8) is 0 Å². The van der Waals surface area contributed by atoms with Crippen LogP contribution in [0.15, 0.2) is 17.2 Å². The highest BCUT2D eigenvalue weighted by Gasteiger charge is 2.15. The zero-order valence-electron chi connectivity index (χ0n) is 15.3. The lowest BCUT2D eigenvalue weighted by Crippen LogP contribution is -2.34. The van der Waals surface area contributed by atoms with Gasteiger partial charge in [0, 0.05) is 26.1 Å². The Kier molecular flexibility index (Phi) is 8.69. The molecule has 1 aromatic rings. The molecule has 0 saturated heterocycles. The Morgan fingerprint density at radius 2 is 1.92 bits per heavy atom. The lowest BCUT2D eigenvalue weighted by molar-refractivity contribution is -0.132. The van der Waals surface area contributed by atoms with Crippen LogP contribution in [-0.2, 0) is 4.79 Å². The summed E-state index contributed by atoms with van der Waals surface area (Å²) in [6.07, 6.45) is 3.76. The number of methoxy groups -OCH3 is 2. The molecule has 0 saturated carbocycles. The van der Waals surface area contributed by atoms with Gasteiger partial charge in [0.05, 0.1) is 20.4 Å². The van der Waals surface area contributed by atoms with E-state index in [1.165, 1.54) is 21.1 Å². The molecule has 1 N–H and O–H groups in total. The van der Waals surface area contributed by atoms with Gasteiger partial charge < -0.3 is 19.5 Å². The zero-order valence-corrected chi connectivity index (χ0v) is 16.1. The van der Waals surface area contributed by atoms with E-state index in [4.69, 9.17) is 26.4 Å². The number of hydrogen-bond donors (Lipinski definition) is 1. The maximum absolute atomic E-state index is 11.2. The van der Waals surface area contributed by atoms with E-state index in [0.717, 1.165) is 19.4 Å². The van der Waals surface area contributed by atoms with Crippen LogP contribution < -0.4 is 19.5 Å². The Labute approximate surface area is 153 Å². The Hall–Kier alpha value is -2.35. The van der Waals surface area contributed by atoms with Gasteiger partial charge in [0.2, 0.25) is 5.75 Å². The Morgan fingerprint density at radius 3 is 2.40 bits per heavy atom. The predicted molar refractivity (Wildman–Crippen MR) is 102 cm³/mol. The van der Waals surface area contributed by atoms with Gasteiger partial charge in [-0.1, -0.05) is 13.3 Å². The Balaban J connectivity index is 2.94. The minimum absolute atomic E-state index is 0.236. The van der Waals surface area contributed by atoms with Crippen molar-refractivity contribution >= 4 is 29.5 Å². The molecule has 25 heavy (non-hydrogen) atoms. The summed E-state index contributed by atoms with van der Waals surface area (Å²) >= 11 is 5.27. The van der Waals surface area contributed by atoms with E-state index >= 15 is 0 Å². The first-order valence-corrected chi connectivity index (χ1v) is 8.33. The summed E-state index contributed by atoms with van der Waals surface area (Å²) in [5, 5.41) is 9.55. The van der Waals surface area contributed by atoms with E-state index in [-0.39, 0.29) is 5.75 Å². The summed E-state index contributed by atoms with van der Waals surface area (Å²) in [6, 6.07) is 3.40. The van der Waals surface area contributed by atoms with Crippen LogP contribution in [0.3, 0.4) is 0 Å². The fraction of sp³-hybridized carbons (Fsp3) is 0.471. The van der Waals surface area contributed by atoms with Crippen molar-refractivity contribution in [3.05, 3.63) is 17.7 Å². The molecule has 0 aliphatic heterocycles. The monoisotopic (exact) mass is 367 g/mol. The van der Waals surface area contributed by atoms with E-state index in [2.05, 4.69) is 17.3 Å². The maximum atomic E-state index is 11.2. The number of ether oxygens (including phenoxy) is 3. The van der Waals surface area contributed by atoms with Gasteiger partial charge in [0.15, 0.2) is 16.6 Å². The second kappa shape index (κ2) is 10.5. The molecule has 0 unspecified atom stereocenters. The zero-order chi connectivity index (χ0) is 18.8. The summed E-state index contributed by atoms with van der Waals surface area (Å²) in [6.45, 7) is 4.25. The number of benzene rings is 1.